The maximum Gasteiger partial charge on any atom is 0.246 e. The second kappa shape index (κ2) is 15.8. The monoisotopic (exact) mass is 823 g/mol. The first-order valence-corrected chi connectivity index (χ1v) is 21.4. The van der Waals surface area contributed by atoms with Gasteiger partial charge in [0, 0.05) is 61.5 Å². The third-order valence-electron chi connectivity index (χ3n) is 13.0. The summed E-state index contributed by atoms with van der Waals surface area (Å²) in [6.45, 7) is 14.2. The minimum absolute atomic E-state index is 0.0515. The van der Waals surface area contributed by atoms with Crippen molar-refractivity contribution in [1.82, 2.24) is 34.4 Å². The summed E-state index contributed by atoms with van der Waals surface area (Å²) in [7, 11) is 2.15. The van der Waals surface area contributed by atoms with Crippen molar-refractivity contribution < 1.29 is 19.1 Å². The third-order valence-corrected chi connectivity index (χ3v) is 13.0. The van der Waals surface area contributed by atoms with Crippen molar-refractivity contribution in [3.8, 4) is 28.0 Å². The highest BCUT2D eigenvalue weighted by atomic mass is 16.3. The number of amides is 2. The summed E-state index contributed by atoms with van der Waals surface area (Å²) < 4.78 is 9.20. The van der Waals surface area contributed by atoms with Crippen LogP contribution in [0.4, 0.5) is 0 Å². The van der Waals surface area contributed by atoms with Gasteiger partial charge in [0.1, 0.15) is 22.9 Å². The third kappa shape index (κ3) is 6.92. The van der Waals surface area contributed by atoms with Crippen LogP contribution in [-0.2, 0) is 22.7 Å². The number of carbonyl (C=O) groups is 2. The number of hydrogen-bond donors (Lipinski definition) is 2. The molecule has 0 radical (unpaired) electrons. The number of aromatic nitrogens is 4. The molecule has 2 saturated heterocycles. The molecule has 11 nitrogen and oxygen atoms in total. The number of imidazole rings is 1. The van der Waals surface area contributed by atoms with Crippen LogP contribution in [0.3, 0.4) is 0 Å². The summed E-state index contributed by atoms with van der Waals surface area (Å²) >= 11 is 0. The van der Waals surface area contributed by atoms with Gasteiger partial charge < -0.3 is 28.8 Å². The van der Waals surface area contributed by atoms with Gasteiger partial charge in [-0.25, -0.2) is 4.98 Å². The van der Waals surface area contributed by atoms with Crippen molar-refractivity contribution in [2.24, 2.45) is 0 Å². The number of H-pyrrole nitrogens is 1. The number of hydrogen-bond acceptors (Lipinski definition) is 7. The summed E-state index contributed by atoms with van der Waals surface area (Å²) in [6.07, 6.45) is 6.34. The van der Waals surface area contributed by atoms with Gasteiger partial charge in [0.15, 0.2) is 0 Å². The number of nitrogens with one attached hydrogen (secondary N) is 1. The first kappa shape index (κ1) is 39.2. The zero-order valence-electron chi connectivity index (χ0n) is 35.1. The predicted molar refractivity (Wildman–Crippen MR) is 245 cm³/mol. The Morgan fingerprint density at radius 1 is 0.903 bits per heavy atom. The fourth-order valence-electron chi connectivity index (χ4n) is 9.82. The molecule has 11 heteroatoms. The highest BCUT2D eigenvalue weighted by Gasteiger charge is 2.35. The molecular weight excluding hydrogens is 775 g/mol. The van der Waals surface area contributed by atoms with E-state index in [9.17, 15) is 14.7 Å². The van der Waals surface area contributed by atoms with Crippen LogP contribution >= 0.6 is 0 Å². The smallest absolute Gasteiger partial charge is 0.246 e. The Kier molecular flexibility index (Phi) is 9.99. The van der Waals surface area contributed by atoms with Crippen molar-refractivity contribution in [3.05, 3.63) is 139 Å². The van der Waals surface area contributed by atoms with Gasteiger partial charge in [0.2, 0.25) is 11.8 Å². The zero-order valence-corrected chi connectivity index (χ0v) is 35.1. The van der Waals surface area contributed by atoms with E-state index in [1.807, 2.05) is 40.3 Å². The largest absolute Gasteiger partial charge is 0.508 e. The number of carbonyl (C=O) groups excluding carboxylic acids is 2. The molecule has 2 fully saturated rings. The van der Waals surface area contributed by atoms with E-state index in [1.165, 1.54) is 17.7 Å². The van der Waals surface area contributed by atoms with Gasteiger partial charge in [-0.3, -0.25) is 14.7 Å². The Morgan fingerprint density at radius 2 is 1.69 bits per heavy atom. The molecule has 0 bridgehead atoms. The highest BCUT2D eigenvalue weighted by molar-refractivity contribution is 6.00. The van der Waals surface area contributed by atoms with Gasteiger partial charge in [-0.1, -0.05) is 61.7 Å². The summed E-state index contributed by atoms with van der Waals surface area (Å²) in [5.41, 5.74) is 10.3. The van der Waals surface area contributed by atoms with Crippen LogP contribution in [0.5, 0.6) is 5.75 Å². The van der Waals surface area contributed by atoms with Crippen LogP contribution in [0.15, 0.2) is 121 Å². The van der Waals surface area contributed by atoms with E-state index < -0.39 is 0 Å². The summed E-state index contributed by atoms with van der Waals surface area (Å²) in [5.74, 6) is 2.22. The van der Waals surface area contributed by atoms with Crippen molar-refractivity contribution in [2.45, 2.75) is 44.7 Å². The second-order valence-electron chi connectivity index (χ2n) is 17.0. The number of aryl methyl sites for hydroxylation is 2. The molecule has 2 amide bonds. The van der Waals surface area contributed by atoms with Gasteiger partial charge >= 0.3 is 0 Å². The minimum Gasteiger partial charge on any atom is -0.508 e. The standard InChI is InChI=1S/C51H49N7O4/c1-5-47(60)56-21-18-35(27-56)50-42(39-15-13-33(24-46(39)62-50)40-25-37(59)22-32-10-7-8-11-38(32)40)30-55(4)19-9-20-58-45-23-34(49-31(3)12-16-43-41(49)26-52-54-43)14-17-44(45)53-51(58)36-28-57(29-36)48(61)6-2/h5-8,10-17,22-26,35-36,59H,1-2,9,18-21,27-30H2,3-4H3,(H,52,54). The molecule has 0 saturated carbocycles. The highest BCUT2D eigenvalue weighted by Crippen LogP contribution is 2.41. The number of aromatic amines is 1. The van der Waals surface area contributed by atoms with E-state index in [4.69, 9.17) is 9.40 Å². The zero-order chi connectivity index (χ0) is 42.6. The second-order valence-corrected chi connectivity index (χ2v) is 17.0. The number of furan rings is 1. The number of phenols is 1. The average molecular weight is 824 g/mol. The lowest BCUT2D eigenvalue weighted by molar-refractivity contribution is -0.130. The number of rotatable bonds is 12. The lowest BCUT2D eigenvalue weighted by atomic mass is 9.95. The van der Waals surface area contributed by atoms with E-state index in [1.54, 1.807) is 6.07 Å². The van der Waals surface area contributed by atoms with Crippen LogP contribution in [0.1, 0.15) is 47.4 Å². The quantitative estimate of drug-likeness (QED) is 0.118. The van der Waals surface area contributed by atoms with Crippen LogP contribution in [-0.4, -0.2) is 91.1 Å². The first-order valence-electron chi connectivity index (χ1n) is 21.4. The summed E-state index contributed by atoms with van der Waals surface area (Å²) in [6, 6.07) is 28.8. The molecule has 5 heterocycles. The van der Waals surface area contributed by atoms with Crippen LogP contribution in [0.25, 0.3) is 65.9 Å². The fraction of sp³-hybridized carbons (Fsp3) is 0.255. The molecule has 8 aromatic rings. The number of benzene rings is 5. The summed E-state index contributed by atoms with van der Waals surface area (Å²) in [5, 5.41) is 22.3. The topological polar surface area (TPSA) is 124 Å². The molecule has 5 aromatic carbocycles. The van der Waals surface area contributed by atoms with Crippen LogP contribution < -0.4 is 0 Å². The van der Waals surface area contributed by atoms with Crippen molar-refractivity contribution >= 4 is 55.5 Å². The van der Waals surface area contributed by atoms with E-state index >= 15 is 0 Å². The lowest BCUT2D eigenvalue weighted by Gasteiger charge is -2.38. The van der Waals surface area contributed by atoms with E-state index in [0.717, 1.165) is 109 Å². The average Bonchev–Trinajstić information content (AvgIpc) is 4.08. The number of aromatic hydroxyl groups is 1. The van der Waals surface area contributed by atoms with Crippen molar-refractivity contribution in [3.63, 3.8) is 0 Å². The molecule has 2 aliphatic rings. The number of likely N-dealkylation sites (tertiary alicyclic amines) is 2. The molecule has 0 aliphatic carbocycles. The molecule has 0 spiro atoms. The van der Waals surface area contributed by atoms with Gasteiger partial charge in [0.25, 0.3) is 0 Å². The van der Waals surface area contributed by atoms with E-state index in [-0.39, 0.29) is 29.4 Å². The lowest BCUT2D eigenvalue weighted by Crippen LogP contribution is -2.48. The number of phenolic OH excluding ortho intramolecular Hbond substituents is 1. The maximum atomic E-state index is 12.7. The van der Waals surface area contributed by atoms with Crippen molar-refractivity contribution in [2.75, 3.05) is 39.8 Å². The van der Waals surface area contributed by atoms with E-state index in [0.29, 0.717) is 32.7 Å². The Balaban J connectivity index is 0.952. The SMILES string of the molecule is C=CC(=O)N1CCC(c2oc3cc(-c4cc(O)cc5ccccc45)ccc3c2CN(C)CCCn2c(C3CN(C(=O)C=C)C3)nc3ccc(-c4c(C)ccc5[nH]ncc45)cc32)C1. The fourth-order valence-corrected chi connectivity index (χ4v) is 9.82. The molecule has 62 heavy (non-hydrogen) atoms. The van der Waals surface area contributed by atoms with Crippen LogP contribution in [0.2, 0.25) is 0 Å². The Labute approximate surface area is 359 Å². The molecule has 2 N–H and O–H groups in total. The van der Waals surface area contributed by atoms with Gasteiger partial charge in [-0.2, -0.15) is 5.10 Å². The van der Waals surface area contributed by atoms with Gasteiger partial charge in [-0.05, 0) is 120 Å². The number of fused-ring (bicyclic) bond motifs is 4. The molecule has 2 aliphatic heterocycles. The van der Waals surface area contributed by atoms with Gasteiger partial charge in [-0.15, -0.1) is 0 Å². The molecule has 10 rings (SSSR count). The molecular formula is C51H49N7O4. The summed E-state index contributed by atoms with van der Waals surface area (Å²) in [4.78, 5) is 36.3. The van der Waals surface area contributed by atoms with Crippen LogP contribution in [0, 0.1) is 6.92 Å². The Hall–Kier alpha value is -6.98. The molecule has 3 aromatic heterocycles. The maximum absolute atomic E-state index is 12.7. The molecule has 312 valence electrons. The molecule has 1 unspecified atom stereocenters. The van der Waals surface area contributed by atoms with Gasteiger partial charge in [0.05, 0.1) is 28.7 Å². The predicted octanol–water partition coefficient (Wildman–Crippen LogP) is 9.30. The van der Waals surface area contributed by atoms with Crippen molar-refractivity contribution in [1.29, 1.82) is 0 Å². The Morgan fingerprint density at radius 3 is 2.53 bits per heavy atom. The molecule has 1 atom stereocenters. The Bertz CT molecular complexity index is 3080. The van der Waals surface area contributed by atoms with E-state index in [2.05, 4.69) is 101 Å². The first-order chi connectivity index (χ1) is 30.2. The number of nitrogens with zero attached hydrogens (tertiary/aromatic N) is 6. The minimum atomic E-state index is -0.0607. The normalized spacial score (nSPS) is 15.7.